The van der Waals surface area contributed by atoms with Gasteiger partial charge in [-0.2, -0.15) is 10.2 Å². The molecule has 0 fully saturated rings. The van der Waals surface area contributed by atoms with Crippen LogP contribution in [0.4, 0.5) is 0 Å². The van der Waals surface area contributed by atoms with Crippen molar-refractivity contribution in [1.29, 1.82) is 0 Å². The van der Waals surface area contributed by atoms with E-state index < -0.39 is 0 Å². The third-order valence-corrected chi connectivity index (χ3v) is 3.25. The number of hydrogen-bond donors (Lipinski definition) is 1. The van der Waals surface area contributed by atoms with Gasteiger partial charge in [-0.3, -0.25) is 9.36 Å². The molecular weight excluding hydrogens is 238 g/mol. The monoisotopic (exact) mass is 261 g/mol. The minimum absolute atomic E-state index is 0.159. The molecular formula is C14H23N5. The minimum Gasteiger partial charge on any atom is -0.305 e. The van der Waals surface area contributed by atoms with Crippen molar-refractivity contribution in [2.75, 3.05) is 6.54 Å². The first kappa shape index (κ1) is 13.8. The van der Waals surface area contributed by atoms with Crippen molar-refractivity contribution >= 4 is 0 Å². The molecule has 1 N–H and O–H groups in total. The van der Waals surface area contributed by atoms with Gasteiger partial charge in [-0.1, -0.05) is 6.92 Å². The number of aryl methyl sites for hydroxylation is 3. The molecule has 5 nitrogen and oxygen atoms in total. The lowest BCUT2D eigenvalue weighted by Gasteiger charge is -2.17. The molecule has 0 amide bonds. The van der Waals surface area contributed by atoms with Gasteiger partial charge in [-0.15, -0.1) is 0 Å². The number of aromatic nitrogens is 4. The van der Waals surface area contributed by atoms with Gasteiger partial charge in [0.25, 0.3) is 0 Å². The fourth-order valence-electron chi connectivity index (χ4n) is 2.35. The van der Waals surface area contributed by atoms with Crippen LogP contribution in [-0.4, -0.2) is 26.1 Å². The number of rotatable bonds is 6. The molecule has 0 spiro atoms. The Morgan fingerprint density at radius 2 is 2.05 bits per heavy atom. The molecule has 0 aromatic carbocycles. The van der Waals surface area contributed by atoms with E-state index in [0.29, 0.717) is 0 Å². The number of nitrogens with zero attached hydrogens (tertiary/aromatic N) is 4. The zero-order valence-corrected chi connectivity index (χ0v) is 12.2. The van der Waals surface area contributed by atoms with E-state index in [2.05, 4.69) is 53.2 Å². The van der Waals surface area contributed by atoms with Crippen LogP contribution in [0.1, 0.15) is 43.8 Å². The lowest BCUT2D eigenvalue weighted by atomic mass is 10.1. The average molecular weight is 261 g/mol. The van der Waals surface area contributed by atoms with Crippen LogP contribution in [0.15, 0.2) is 18.5 Å². The molecule has 0 radical (unpaired) electrons. The van der Waals surface area contributed by atoms with Crippen LogP contribution >= 0.6 is 0 Å². The molecule has 2 aromatic rings. The highest BCUT2D eigenvalue weighted by molar-refractivity contribution is 5.25. The van der Waals surface area contributed by atoms with E-state index in [9.17, 15) is 0 Å². The van der Waals surface area contributed by atoms with Gasteiger partial charge in [-0.25, -0.2) is 0 Å². The Bertz CT molecular complexity index is 526. The lowest BCUT2D eigenvalue weighted by molar-refractivity contribution is 0.540. The second kappa shape index (κ2) is 6.02. The van der Waals surface area contributed by atoms with Crippen LogP contribution < -0.4 is 5.32 Å². The topological polar surface area (TPSA) is 47.7 Å². The molecule has 1 atom stereocenters. The summed E-state index contributed by atoms with van der Waals surface area (Å²) in [6.07, 6.45) is 4.05. The second-order valence-corrected chi connectivity index (χ2v) is 4.65. The van der Waals surface area contributed by atoms with E-state index in [4.69, 9.17) is 0 Å². The molecule has 0 bridgehead atoms. The molecule has 19 heavy (non-hydrogen) atoms. The fourth-order valence-corrected chi connectivity index (χ4v) is 2.35. The Morgan fingerprint density at radius 3 is 2.63 bits per heavy atom. The summed E-state index contributed by atoms with van der Waals surface area (Å²) in [5.41, 5.74) is 3.46. The molecule has 5 heteroatoms. The highest BCUT2D eigenvalue weighted by Gasteiger charge is 2.19. The van der Waals surface area contributed by atoms with E-state index in [-0.39, 0.29) is 6.04 Å². The average Bonchev–Trinajstić information content (AvgIpc) is 3.02. The third kappa shape index (κ3) is 2.87. The molecule has 0 aliphatic carbocycles. The standard InChI is InChI=1S/C14H23N5/c1-5-15-14(12-9-16-18(6-2)10-12)13-8-11(4)17-19(13)7-3/h8-10,14-15H,5-7H2,1-4H3. The fraction of sp³-hybridized carbons (Fsp3) is 0.571. The summed E-state index contributed by atoms with van der Waals surface area (Å²) in [5, 5.41) is 12.4. The van der Waals surface area contributed by atoms with E-state index in [0.717, 1.165) is 25.3 Å². The van der Waals surface area contributed by atoms with Crippen LogP contribution in [0.5, 0.6) is 0 Å². The highest BCUT2D eigenvalue weighted by Crippen LogP contribution is 2.22. The number of hydrogen-bond acceptors (Lipinski definition) is 3. The van der Waals surface area contributed by atoms with E-state index in [1.54, 1.807) is 0 Å². The molecule has 0 saturated carbocycles. The van der Waals surface area contributed by atoms with Crippen molar-refractivity contribution < 1.29 is 0 Å². The van der Waals surface area contributed by atoms with Crippen molar-refractivity contribution in [3.8, 4) is 0 Å². The summed E-state index contributed by atoms with van der Waals surface area (Å²) >= 11 is 0. The Labute approximate surface area is 114 Å². The van der Waals surface area contributed by atoms with Gasteiger partial charge in [0.2, 0.25) is 0 Å². The predicted molar refractivity (Wildman–Crippen MR) is 76.1 cm³/mol. The first-order valence-corrected chi connectivity index (χ1v) is 6.99. The first-order chi connectivity index (χ1) is 9.19. The normalized spacial score (nSPS) is 12.8. The van der Waals surface area contributed by atoms with Crippen LogP contribution in [0.25, 0.3) is 0 Å². The first-order valence-electron chi connectivity index (χ1n) is 6.99. The molecule has 2 heterocycles. The van der Waals surface area contributed by atoms with Gasteiger partial charge in [0.15, 0.2) is 0 Å². The summed E-state index contributed by atoms with van der Waals surface area (Å²) in [4.78, 5) is 0. The van der Waals surface area contributed by atoms with Crippen LogP contribution in [0.2, 0.25) is 0 Å². The van der Waals surface area contributed by atoms with Crippen molar-refractivity contribution in [3.05, 3.63) is 35.4 Å². The molecule has 0 aliphatic rings. The van der Waals surface area contributed by atoms with Gasteiger partial charge in [0, 0.05) is 24.8 Å². The SMILES string of the molecule is CCNC(c1cnn(CC)c1)c1cc(C)nn1CC. The molecule has 1 unspecified atom stereocenters. The van der Waals surface area contributed by atoms with Gasteiger partial charge < -0.3 is 5.32 Å². The zero-order chi connectivity index (χ0) is 13.8. The van der Waals surface area contributed by atoms with Gasteiger partial charge in [0.05, 0.1) is 23.6 Å². The summed E-state index contributed by atoms with van der Waals surface area (Å²) in [6.45, 7) is 11.1. The van der Waals surface area contributed by atoms with Gasteiger partial charge >= 0.3 is 0 Å². The van der Waals surface area contributed by atoms with E-state index >= 15 is 0 Å². The predicted octanol–water partition coefficient (Wildman–Crippen LogP) is 2.13. The highest BCUT2D eigenvalue weighted by atomic mass is 15.3. The van der Waals surface area contributed by atoms with Gasteiger partial charge in [0.1, 0.15) is 0 Å². The summed E-state index contributed by atoms with van der Waals surface area (Å²) in [5.74, 6) is 0. The maximum absolute atomic E-state index is 4.53. The van der Waals surface area contributed by atoms with Crippen molar-refractivity contribution in [2.45, 2.75) is 46.8 Å². The number of nitrogens with one attached hydrogen (secondary N) is 1. The Morgan fingerprint density at radius 1 is 1.26 bits per heavy atom. The smallest absolute Gasteiger partial charge is 0.0779 e. The van der Waals surface area contributed by atoms with Crippen molar-refractivity contribution in [3.63, 3.8) is 0 Å². The zero-order valence-electron chi connectivity index (χ0n) is 12.2. The maximum Gasteiger partial charge on any atom is 0.0779 e. The minimum atomic E-state index is 0.159. The third-order valence-electron chi connectivity index (χ3n) is 3.25. The Balaban J connectivity index is 2.38. The lowest BCUT2D eigenvalue weighted by Crippen LogP contribution is -2.24. The van der Waals surface area contributed by atoms with Crippen molar-refractivity contribution in [2.24, 2.45) is 0 Å². The summed E-state index contributed by atoms with van der Waals surface area (Å²) < 4.78 is 4.02. The summed E-state index contributed by atoms with van der Waals surface area (Å²) in [7, 11) is 0. The largest absolute Gasteiger partial charge is 0.305 e. The molecule has 104 valence electrons. The molecule has 2 rings (SSSR count). The van der Waals surface area contributed by atoms with Crippen LogP contribution in [0.3, 0.4) is 0 Å². The molecule has 0 saturated heterocycles. The summed E-state index contributed by atoms with van der Waals surface area (Å²) in [6, 6.07) is 2.31. The quantitative estimate of drug-likeness (QED) is 0.866. The molecule has 0 aliphatic heterocycles. The Hall–Kier alpha value is -1.62. The Kier molecular flexibility index (Phi) is 4.37. The van der Waals surface area contributed by atoms with Crippen LogP contribution in [-0.2, 0) is 13.1 Å². The molecule has 2 aromatic heterocycles. The second-order valence-electron chi connectivity index (χ2n) is 4.65. The van der Waals surface area contributed by atoms with Crippen molar-refractivity contribution in [1.82, 2.24) is 24.9 Å². The van der Waals surface area contributed by atoms with Gasteiger partial charge in [-0.05, 0) is 33.4 Å². The van der Waals surface area contributed by atoms with E-state index in [1.165, 1.54) is 11.3 Å². The van der Waals surface area contributed by atoms with Crippen LogP contribution in [0, 0.1) is 6.92 Å². The maximum atomic E-state index is 4.53. The van der Waals surface area contributed by atoms with E-state index in [1.807, 2.05) is 17.8 Å².